The van der Waals surface area contributed by atoms with Crippen molar-refractivity contribution >= 4 is 5.91 Å². The van der Waals surface area contributed by atoms with Gasteiger partial charge in [-0.05, 0) is 25.8 Å². The fourth-order valence-electron chi connectivity index (χ4n) is 2.00. The van der Waals surface area contributed by atoms with Gasteiger partial charge in [0, 0.05) is 12.6 Å². The van der Waals surface area contributed by atoms with Crippen molar-refractivity contribution in [3.8, 4) is 0 Å². The predicted molar refractivity (Wildman–Crippen MR) is 55.2 cm³/mol. The molecule has 1 aliphatic rings. The van der Waals surface area contributed by atoms with E-state index in [0.717, 1.165) is 6.42 Å². The van der Waals surface area contributed by atoms with Crippen LogP contribution in [0.2, 0.25) is 0 Å². The van der Waals surface area contributed by atoms with Crippen molar-refractivity contribution in [2.24, 2.45) is 11.7 Å². The normalized spacial score (nSPS) is 25.4. The molecule has 2 N–H and O–H groups in total. The van der Waals surface area contributed by atoms with Crippen LogP contribution >= 0.6 is 0 Å². The van der Waals surface area contributed by atoms with Gasteiger partial charge in [-0.1, -0.05) is 0 Å². The van der Waals surface area contributed by atoms with E-state index >= 15 is 0 Å². The van der Waals surface area contributed by atoms with E-state index in [1.807, 2.05) is 6.92 Å². The molecule has 1 rings (SSSR count). The van der Waals surface area contributed by atoms with Crippen LogP contribution < -0.4 is 5.73 Å². The van der Waals surface area contributed by atoms with E-state index in [1.54, 1.807) is 0 Å². The number of carbonyl (C=O) groups is 1. The van der Waals surface area contributed by atoms with Gasteiger partial charge in [-0.2, -0.15) is 13.2 Å². The van der Waals surface area contributed by atoms with E-state index in [2.05, 4.69) is 4.74 Å². The molecular formula is C10H17F3N2O2. The van der Waals surface area contributed by atoms with Crippen molar-refractivity contribution < 1.29 is 22.7 Å². The Hall–Kier alpha value is -0.820. The smallest absolute Gasteiger partial charge is 0.362 e. The Bertz CT molecular complexity index is 271. The van der Waals surface area contributed by atoms with Gasteiger partial charge in [-0.25, -0.2) is 0 Å². The van der Waals surface area contributed by atoms with E-state index in [9.17, 15) is 18.0 Å². The molecule has 1 aliphatic heterocycles. The molecule has 1 fully saturated rings. The molecule has 1 saturated heterocycles. The summed E-state index contributed by atoms with van der Waals surface area (Å²) in [6, 6.07) is 0.0190. The lowest BCUT2D eigenvalue weighted by Gasteiger charge is -2.21. The highest BCUT2D eigenvalue weighted by atomic mass is 19.4. The summed E-state index contributed by atoms with van der Waals surface area (Å²) in [4.78, 5) is 13.1. The minimum Gasteiger partial charge on any atom is -0.362 e. The Kier molecular flexibility index (Phi) is 4.76. The topological polar surface area (TPSA) is 55.6 Å². The van der Waals surface area contributed by atoms with Gasteiger partial charge >= 0.3 is 6.18 Å². The van der Waals surface area contributed by atoms with Crippen LogP contribution in [-0.4, -0.2) is 49.3 Å². The lowest BCUT2D eigenvalue weighted by molar-refractivity contribution is -0.178. The van der Waals surface area contributed by atoms with Crippen molar-refractivity contribution in [2.45, 2.75) is 25.6 Å². The fraction of sp³-hybridized carbons (Fsp3) is 0.900. The molecule has 17 heavy (non-hydrogen) atoms. The van der Waals surface area contributed by atoms with Gasteiger partial charge < -0.3 is 15.4 Å². The van der Waals surface area contributed by atoms with Crippen LogP contribution in [-0.2, 0) is 9.53 Å². The molecule has 100 valence electrons. The number of nitrogens with two attached hydrogens (primary N) is 1. The number of nitrogens with zero attached hydrogens (tertiary/aromatic N) is 1. The number of hydrogen-bond acceptors (Lipinski definition) is 3. The van der Waals surface area contributed by atoms with Crippen LogP contribution in [0.5, 0.6) is 0 Å². The number of likely N-dealkylation sites (tertiary alicyclic amines) is 1. The van der Waals surface area contributed by atoms with Gasteiger partial charge in [0.05, 0.1) is 0 Å². The summed E-state index contributed by atoms with van der Waals surface area (Å²) in [6.45, 7) is 0.934. The second-order valence-corrected chi connectivity index (χ2v) is 4.34. The molecule has 1 heterocycles. The van der Waals surface area contributed by atoms with Crippen LogP contribution in [0.25, 0.3) is 0 Å². The molecule has 1 amide bonds. The number of rotatable bonds is 4. The van der Waals surface area contributed by atoms with Crippen LogP contribution in [0.15, 0.2) is 0 Å². The Morgan fingerprint density at radius 3 is 2.65 bits per heavy atom. The summed E-state index contributed by atoms with van der Waals surface area (Å²) in [6.07, 6.45) is -3.60. The summed E-state index contributed by atoms with van der Waals surface area (Å²) < 4.78 is 39.8. The first-order valence-electron chi connectivity index (χ1n) is 5.47. The minimum atomic E-state index is -4.39. The quantitative estimate of drug-likeness (QED) is 0.806. The molecule has 0 aromatic heterocycles. The van der Waals surface area contributed by atoms with Crippen LogP contribution in [0.1, 0.15) is 13.3 Å². The van der Waals surface area contributed by atoms with E-state index in [4.69, 9.17) is 5.73 Å². The second-order valence-electron chi connectivity index (χ2n) is 4.34. The Labute approximate surface area is 97.9 Å². The summed E-state index contributed by atoms with van der Waals surface area (Å²) in [5, 5.41) is 0. The van der Waals surface area contributed by atoms with Gasteiger partial charge in [0.25, 0.3) is 0 Å². The molecule has 0 bridgehead atoms. The largest absolute Gasteiger partial charge is 0.411 e. The van der Waals surface area contributed by atoms with Gasteiger partial charge in [-0.15, -0.1) is 0 Å². The summed E-state index contributed by atoms with van der Waals surface area (Å²) >= 11 is 0. The van der Waals surface area contributed by atoms with E-state index in [1.165, 1.54) is 4.90 Å². The maximum Gasteiger partial charge on any atom is 0.411 e. The SMILES string of the molecule is CC1CC(CN)CN1C(=O)COCC(F)(F)F. The third-order valence-electron chi connectivity index (χ3n) is 2.81. The summed E-state index contributed by atoms with van der Waals surface area (Å²) in [5.41, 5.74) is 5.50. The van der Waals surface area contributed by atoms with E-state index in [0.29, 0.717) is 13.1 Å². The highest BCUT2D eigenvalue weighted by molar-refractivity contribution is 5.78. The highest BCUT2D eigenvalue weighted by Crippen LogP contribution is 2.22. The van der Waals surface area contributed by atoms with E-state index < -0.39 is 25.3 Å². The molecule has 2 unspecified atom stereocenters. The Balaban J connectivity index is 2.33. The van der Waals surface area contributed by atoms with E-state index in [-0.39, 0.29) is 12.0 Å². The first-order valence-corrected chi connectivity index (χ1v) is 5.47. The van der Waals surface area contributed by atoms with Crippen molar-refractivity contribution in [1.29, 1.82) is 0 Å². The molecular weight excluding hydrogens is 237 g/mol. The molecule has 7 heteroatoms. The first kappa shape index (κ1) is 14.2. The van der Waals surface area contributed by atoms with Crippen LogP contribution in [0, 0.1) is 5.92 Å². The Morgan fingerprint density at radius 2 is 2.18 bits per heavy atom. The van der Waals surface area contributed by atoms with Crippen molar-refractivity contribution in [1.82, 2.24) is 4.90 Å². The van der Waals surface area contributed by atoms with Crippen molar-refractivity contribution in [3.63, 3.8) is 0 Å². The van der Waals surface area contributed by atoms with Crippen molar-refractivity contribution in [2.75, 3.05) is 26.3 Å². The molecule has 2 atom stereocenters. The molecule has 0 aromatic carbocycles. The van der Waals surface area contributed by atoms with Gasteiger partial charge in [0.2, 0.25) is 5.91 Å². The molecule has 0 spiro atoms. The lowest BCUT2D eigenvalue weighted by Crippen LogP contribution is -2.37. The third kappa shape index (κ3) is 4.51. The number of carbonyl (C=O) groups excluding carboxylic acids is 1. The molecule has 0 radical (unpaired) electrons. The summed E-state index contributed by atoms with van der Waals surface area (Å²) in [7, 11) is 0. The summed E-state index contributed by atoms with van der Waals surface area (Å²) in [5.74, 6) is -0.172. The molecule has 0 saturated carbocycles. The fourth-order valence-corrected chi connectivity index (χ4v) is 2.00. The monoisotopic (exact) mass is 254 g/mol. The van der Waals surface area contributed by atoms with Crippen LogP contribution in [0.4, 0.5) is 13.2 Å². The molecule has 4 nitrogen and oxygen atoms in total. The first-order chi connectivity index (χ1) is 7.83. The molecule has 0 aromatic rings. The number of halogens is 3. The number of amides is 1. The van der Waals surface area contributed by atoms with Crippen molar-refractivity contribution in [3.05, 3.63) is 0 Å². The molecule has 0 aliphatic carbocycles. The number of hydrogen-bond donors (Lipinski definition) is 1. The minimum absolute atomic E-state index is 0.0190. The number of ether oxygens (including phenoxy) is 1. The second kappa shape index (κ2) is 5.68. The van der Waals surface area contributed by atoms with Gasteiger partial charge in [0.1, 0.15) is 13.2 Å². The standard InChI is InChI=1S/C10H17F3N2O2/c1-7-2-8(3-14)4-15(7)9(16)5-17-6-10(11,12)13/h7-8H,2-6,14H2,1H3. The average Bonchev–Trinajstić information content (AvgIpc) is 2.57. The predicted octanol–water partition coefficient (Wildman–Crippen LogP) is 0.761. The zero-order valence-corrected chi connectivity index (χ0v) is 9.67. The Morgan fingerprint density at radius 1 is 1.53 bits per heavy atom. The zero-order valence-electron chi connectivity index (χ0n) is 9.67. The average molecular weight is 254 g/mol. The third-order valence-corrected chi connectivity index (χ3v) is 2.81. The van der Waals surface area contributed by atoms with Gasteiger partial charge in [0.15, 0.2) is 0 Å². The van der Waals surface area contributed by atoms with Crippen LogP contribution in [0.3, 0.4) is 0 Å². The number of alkyl halides is 3. The zero-order chi connectivity index (χ0) is 13.1. The highest BCUT2D eigenvalue weighted by Gasteiger charge is 2.32. The lowest BCUT2D eigenvalue weighted by atomic mass is 10.1. The maximum atomic E-state index is 11.8. The maximum absolute atomic E-state index is 11.8. The van der Waals surface area contributed by atoms with Gasteiger partial charge in [-0.3, -0.25) is 4.79 Å².